The van der Waals surface area contributed by atoms with Crippen LogP contribution in [0.2, 0.25) is 0 Å². The van der Waals surface area contributed by atoms with E-state index in [0.29, 0.717) is 35.1 Å². The van der Waals surface area contributed by atoms with Crippen LogP contribution in [0.3, 0.4) is 0 Å². The van der Waals surface area contributed by atoms with Crippen molar-refractivity contribution in [3.63, 3.8) is 0 Å². The number of benzene rings is 3. The van der Waals surface area contributed by atoms with Gasteiger partial charge < -0.3 is 19.5 Å². The molecule has 32 heavy (non-hydrogen) atoms. The first-order chi connectivity index (χ1) is 15.3. The zero-order chi connectivity index (χ0) is 22.7. The highest BCUT2D eigenvalue weighted by Gasteiger charge is 2.19. The molecule has 0 atom stereocenters. The minimum atomic E-state index is -3.38. The quantitative estimate of drug-likeness (QED) is 0.569. The molecular weight excluding hydrogens is 430 g/mol. The van der Waals surface area contributed by atoms with Gasteiger partial charge in [0, 0.05) is 17.3 Å². The lowest BCUT2D eigenvalue weighted by Crippen LogP contribution is -2.15. The number of carbonyl (C=O) groups excluding carboxylic acids is 1. The Morgan fingerprint density at radius 3 is 2.50 bits per heavy atom. The van der Waals surface area contributed by atoms with Gasteiger partial charge in [0.1, 0.15) is 12.4 Å². The molecule has 0 unspecified atom stereocenters. The van der Waals surface area contributed by atoms with Gasteiger partial charge in [0.25, 0.3) is 5.91 Å². The zero-order valence-corrected chi connectivity index (χ0v) is 18.5. The van der Waals surface area contributed by atoms with Crippen LogP contribution in [-0.4, -0.2) is 26.4 Å². The Morgan fingerprint density at radius 1 is 1.00 bits per heavy atom. The van der Waals surface area contributed by atoms with E-state index in [-0.39, 0.29) is 17.6 Å². The van der Waals surface area contributed by atoms with Crippen molar-refractivity contribution in [2.75, 3.05) is 12.1 Å². The van der Waals surface area contributed by atoms with E-state index in [1.807, 2.05) is 24.3 Å². The number of fused-ring (bicyclic) bond motifs is 1. The monoisotopic (exact) mass is 453 g/mol. The molecule has 1 amide bonds. The Morgan fingerprint density at radius 2 is 1.75 bits per heavy atom. The van der Waals surface area contributed by atoms with Crippen LogP contribution < -0.4 is 19.5 Å². The summed E-state index contributed by atoms with van der Waals surface area (Å²) >= 11 is 0. The van der Waals surface area contributed by atoms with Crippen LogP contribution in [0.5, 0.6) is 17.2 Å². The van der Waals surface area contributed by atoms with Gasteiger partial charge in [-0.15, -0.1) is 0 Å². The minimum absolute atomic E-state index is 0.201. The van der Waals surface area contributed by atoms with Crippen molar-refractivity contribution in [2.45, 2.75) is 30.6 Å². The summed E-state index contributed by atoms with van der Waals surface area (Å²) in [6.07, 6.45) is 0. The van der Waals surface area contributed by atoms with Crippen molar-refractivity contribution in [1.82, 2.24) is 0 Å². The standard InChI is InChI=1S/C24H23NO6S/c1-16(2)32(27,28)21-9-6-18(7-10-21)24(26)25-19-5-3-4-17(12-19)14-29-20-8-11-22-23(13-20)31-15-30-22/h3-13,16H,14-15H2,1-2H3,(H,25,26). The van der Waals surface area contributed by atoms with E-state index in [1.165, 1.54) is 24.3 Å². The van der Waals surface area contributed by atoms with E-state index >= 15 is 0 Å². The van der Waals surface area contributed by atoms with Gasteiger partial charge in [-0.05, 0) is 67.9 Å². The molecule has 0 bridgehead atoms. The van der Waals surface area contributed by atoms with Crippen molar-refractivity contribution >= 4 is 21.4 Å². The first-order valence-corrected chi connectivity index (χ1v) is 11.6. The average Bonchev–Trinajstić information content (AvgIpc) is 3.26. The number of hydrogen-bond donors (Lipinski definition) is 1. The number of carbonyl (C=O) groups is 1. The fourth-order valence-electron chi connectivity index (χ4n) is 3.14. The Labute approximate surface area is 186 Å². The number of nitrogens with one attached hydrogen (secondary N) is 1. The maximum atomic E-state index is 12.6. The van der Waals surface area contributed by atoms with Crippen LogP contribution in [0.4, 0.5) is 5.69 Å². The fourth-order valence-corrected chi connectivity index (χ4v) is 4.20. The van der Waals surface area contributed by atoms with Crippen molar-refractivity contribution in [3.05, 3.63) is 77.9 Å². The second-order valence-corrected chi connectivity index (χ2v) is 10.1. The van der Waals surface area contributed by atoms with Gasteiger partial charge >= 0.3 is 0 Å². The van der Waals surface area contributed by atoms with Crippen molar-refractivity contribution in [2.24, 2.45) is 0 Å². The maximum absolute atomic E-state index is 12.6. The van der Waals surface area contributed by atoms with E-state index < -0.39 is 15.1 Å². The molecule has 3 aromatic carbocycles. The number of hydrogen-bond acceptors (Lipinski definition) is 6. The lowest BCUT2D eigenvalue weighted by atomic mass is 10.2. The molecule has 1 aliphatic heterocycles. The molecule has 0 radical (unpaired) electrons. The third-order valence-electron chi connectivity index (χ3n) is 5.00. The lowest BCUT2D eigenvalue weighted by Gasteiger charge is -2.11. The highest BCUT2D eigenvalue weighted by molar-refractivity contribution is 7.92. The van der Waals surface area contributed by atoms with Gasteiger partial charge in [-0.3, -0.25) is 4.79 Å². The van der Waals surface area contributed by atoms with Crippen molar-refractivity contribution in [3.8, 4) is 17.2 Å². The molecule has 0 aliphatic carbocycles. The molecule has 3 aromatic rings. The number of anilines is 1. The molecule has 0 fully saturated rings. The highest BCUT2D eigenvalue weighted by Crippen LogP contribution is 2.35. The van der Waals surface area contributed by atoms with Crippen LogP contribution >= 0.6 is 0 Å². The minimum Gasteiger partial charge on any atom is -0.489 e. The Balaban J connectivity index is 1.39. The second kappa shape index (κ2) is 8.92. The largest absolute Gasteiger partial charge is 0.489 e. The third kappa shape index (κ3) is 4.70. The summed E-state index contributed by atoms with van der Waals surface area (Å²) in [6.45, 7) is 3.76. The third-order valence-corrected chi connectivity index (χ3v) is 7.17. The summed E-state index contributed by atoms with van der Waals surface area (Å²) in [5.41, 5.74) is 1.86. The van der Waals surface area contributed by atoms with Crippen molar-refractivity contribution in [1.29, 1.82) is 0 Å². The summed E-state index contributed by atoms with van der Waals surface area (Å²) in [5, 5.41) is 2.31. The Bertz CT molecular complexity index is 1240. The SMILES string of the molecule is CC(C)S(=O)(=O)c1ccc(C(=O)Nc2cccc(COc3ccc4c(c3)OCO4)c2)cc1. The molecule has 166 valence electrons. The van der Waals surface area contributed by atoms with Gasteiger partial charge in [-0.1, -0.05) is 12.1 Å². The van der Waals surface area contributed by atoms with E-state index in [9.17, 15) is 13.2 Å². The first kappa shape index (κ1) is 21.7. The summed E-state index contributed by atoms with van der Waals surface area (Å²) in [7, 11) is -3.38. The van der Waals surface area contributed by atoms with E-state index in [1.54, 1.807) is 32.0 Å². The van der Waals surface area contributed by atoms with Gasteiger partial charge in [0.15, 0.2) is 21.3 Å². The molecule has 0 saturated heterocycles. The molecule has 8 heteroatoms. The first-order valence-electron chi connectivity index (χ1n) is 10.1. The smallest absolute Gasteiger partial charge is 0.255 e. The fraction of sp³-hybridized carbons (Fsp3) is 0.208. The second-order valence-electron chi connectivity index (χ2n) is 7.58. The predicted molar refractivity (Wildman–Crippen MR) is 120 cm³/mol. The molecule has 1 N–H and O–H groups in total. The van der Waals surface area contributed by atoms with Crippen LogP contribution in [-0.2, 0) is 16.4 Å². The molecule has 1 aliphatic rings. The lowest BCUT2D eigenvalue weighted by molar-refractivity contribution is 0.102. The topological polar surface area (TPSA) is 90.9 Å². The summed E-state index contributed by atoms with van der Waals surface area (Å²) in [6, 6.07) is 18.6. The Kier molecular flexibility index (Phi) is 6.05. The normalized spacial score (nSPS) is 12.6. The molecule has 4 rings (SSSR count). The van der Waals surface area contributed by atoms with Crippen LogP contribution in [0.15, 0.2) is 71.6 Å². The molecule has 7 nitrogen and oxygen atoms in total. The summed E-state index contributed by atoms with van der Waals surface area (Å²) in [4.78, 5) is 12.8. The van der Waals surface area contributed by atoms with Crippen LogP contribution in [0, 0.1) is 0 Å². The van der Waals surface area contributed by atoms with Crippen LogP contribution in [0.1, 0.15) is 29.8 Å². The average molecular weight is 454 g/mol. The molecule has 1 heterocycles. The van der Waals surface area contributed by atoms with E-state index in [4.69, 9.17) is 14.2 Å². The number of amides is 1. The molecule has 0 saturated carbocycles. The van der Waals surface area contributed by atoms with Crippen molar-refractivity contribution < 1.29 is 27.4 Å². The molecule has 0 spiro atoms. The number of ether oxygens (including phenoxy) is 3. The van der Waals surface area contributed by atoms with Gasteiger partial charge in [0.2, 0.25) is 6.79 Å². The maximum Gasteiger partial charge on any atom is 0.255 e. The van der Waals surface area contributed by atoms with Crippen LogP contribution in [0.25, 0.3) is 0 Å². The highest BCUT2D eigenvalue weighted by atomic mass is 32.2. The van der Waals surface area contributed by atoms with Gasteiger partial charge in [0.05, 0.1) is 10.1 Å². The summed E-state index contributed by atoms with van der Waals surface area (Å²) < 4.78 is 40.9. The number of sulfone groups is 1. The molecular formula is C24H23NO6S. The van der Waals surface area contributed by atoms with E-state index in [0.717, 1.165) is 5.56 Å². The molecule has 0 aromatic heterocycles. The Hall–Kier alpha value is -3.52. The predicted octanol–water partition coefficient (Wildman–Crippen LogP) is 4.43. The number of rotatable bonds is 7. The van der Waals surface area contributed by atoms with E-state index in [2.05, 4.69) is 5.32 Å². The summed E-state index contributed by atoms with van der Waals surface area (Å²) in [5.74, 6) is 1.67. The van der Waals surface area contributed by atoms with Gasteiger partial charge in [-0.25, -0.2) is 8.42 Å². The zero-order valence-electron chi connectivity index (χ0n) is 17.7. The van der Waals surface area contributed by atoms with Gasteiger partial charge in [-0.2, -0.15) is 0 Å².